The first-order valence-electron chi connectivity index (χ1n) is 12.2. The van der Waals surface area contributed by atoms with Gasteiger partial charge >= 0.3 is 0 Å². The highest BCUT2D eigenvalue weighted by atomic mass is 32.2. The summed E-state index contributed by atoms with van der Waals surface area (Å²) in [6.07, 6.45) is 4.86. The van der Waals surface area contributed by atoms with Gasteiger partial charge in [-0.15, -0.1) is 24.9 Å². The Balaban J connectivity index is 1.73. The summed E-state index contributed by atoms with van der Waals surface area (Å²) >= 11 is 1.64. The van der Waals surface area contributed by atoms with Gasteiger partial charge in [-0.05, 0) is 25.3 Å². The van der Waals surface area contributed by atoms with E-state index < -0.39 is 28.7 Å². The van der Waals surface area contributed by atoms with Crippen LogP contribution in [0.4, 0.5) is 0 Å². The van der Waals surface area contributed by atoms with Gasteiger partial charge in [-0.3, -0.25) is 14.4 Å². The minimum Gasteiger partial charge on any atom is -0.394 e. The molecule has 0 radical (unpaired) electrons. The van der Waals surface area contributed by atoms with Crippen LogP contribution in [0.3, 0.4) is 0 Å². The average Bonchev–Trinajstić information content (AvgIpc) is 3.50. The molecule has 188 valence electrons. The van der Waals surface area contributed by atoms with Crippen LogP contribution in [0.5, 0.6) is 0 Å². The van der Waals surface area contributed by atoms with Gasteiger partial charge in [-0.25, -0.2) is 0 Å². The Morgan fingerprint density at radius 2 is 1.91 bits per heavy atom. The van der Waals surface area contributed by atoms with Gasteiger partial charge in [-0.1, -0.05) is 42.5 Å². The van der Waals surface area contributed by atoms with Crippen LogP contribution in [0, 0.1) is 11.8 Å². The van der Waals surface area contributed by atoms with Gasteiger partial charge in [0.2, 0.25) is 17.7 Å². The number of hydrogen-bond acceptors (Lipinski definition) is 5. The predicted molar refractivity (Wildman–Crippen MR) is 137 cm³/mol. The van der Waals surface area contributed by atoms with Gasteiger partial charge < -0.3 is 19.8 Å². The van der Waals surface area contributed by atoms with E-state index in [1.807, 2.05) is 30.3 Å². The van der Waals surface area contributed by atoms with Crippen LogP contribution in [0.1, 0.15) is 25.3 Å². The summed E-state index contributed by atoms with van der Waals surface area (Å²) in [5.74, 6) is -1.45. The molecule has 2 unspecified atom stereocenters. The highest BCUT2D eigenvalue weighted by Crippen LogP contribution is 2.67. The number of carbonyl (C=O) groups is 3. The number of hydrogen-bond donors (Lipinski definition) is 1. The summed E-state index contributed by atoms with van der Waals surface area (Å²) in [4.78, 5) is 46.6. The number of thioether (sulfide) groups is 1. The van der Waals surface area contributed by atoms with Crippen molar-refractivity contribution in [2.75, 3.05) is 26.7 Å². The Bertz CT molecular complexity index is 1000. The minimum atomic E-state index is -0.733. The molecule has 0 aromatic heterocycles. The van der Waals surface area contributed by atoms with Crippen molar-refractivity contribution in [2.45, 2.75) is 48.4 Å². The molecule has 7 nitrogen and oxygen atoms in total. The number of likely N-dealkylation sites (N-methyl/N-ethyl adjacent to an activating group) is 1. The lowest BCUT2D eigenvalue weighted by atomic mass is 9.70. The van der Waals surface area contributed by atoms with Crippen LogP contribution < -0.4 is 0 Å². The SMILES string of the molecule is C=CCN(C)C(=O)[C@@H]1[C@H]2C(=O)N([C@H](C)CO)C(C(=O)N(CC=C)Cc3ccccc3)C23CC[C@H]1S3. The van der Waals surface area contributed by atoms with E-state index in [9.17, 15) is 19.5 Å². The molecular formula is C27H35N3O4S. The number of aliphatic hydroxyl groups excluding tert-OH is 1. The largest absolute Gasteiger partial charge is 0.394 e. The zero-order valence-electron chi connectivity index (χ0n) is 20.5. The van der Waals surface area contributed by atoms with E-state index >= 15 is 0 Å². The summed E-state index contributed by atoms with van der Waals surface area (Å²) in [5.41, 5.74) is 0.991. The number of amides is 3. The molecule has 1 aromatic rings. The third-order valence-electron chi connectivity index (χ3n) is 7.65. The van der Waals surface area contributed by atoms with Crippen molar-refractivity contribution in [1.82, 2.24) is 14.7 Å². The molecule has 6 atom stereocenters. The molecule has 1 N–H and O–H groups in total. The number of rotatable bonds is 10. The first-order chi connectivity index (χ1) is 16.8. The predicted octanol–water partition coefficient (Wildman–Crippen LogP) is 2.32. The molecule has 35 heavy (non-hydrogen) atoms. The second kappa shape index (κ2) is 10.2. The summed E-state index contributed by atoms with van der Waals surface area (Å²) in [6, 6.07) is 8.48. The Morgan fingerprint density at radius 3 is 2.54 bits per heavy atom. The third kappa shape index (κ3) is 4.20. The zero-order valence-corrected chi connectivity index (χ0v) is 21.3. The molecule has 4 rings (SSSR count). The summed E-state index contributed by atoms with van der Waals surface area (Å²) in [7, 11) is 1.73. The van der Waals surface area contributed by atoms with Crippen LogP contribution in [-0.4, -0.2) is 86.4 Å². The molecule has 3 saturated heterocycles. The number of carbonyl (C=O) groups excluding carboxylic acids is 3. The van der Waals surface area contributed by atoms with E-state index in [-0.39, 0.29) is 29.6 Å². The maximum absolute atomic E-state index is 14.2. The molecule has 3 aliphatic rings. The third-order valence-corrected chi connectivity index (χ3v) is 9.60. The smallest absolute Gasteiger partial charge is 0.247 e. The fourth-order valence-electron chi connectivity index (χ4n) is 6.12. The van der Waals surface area contributed by atoms with E-state index in [0.717, 1.165) is 12.0 Å². The number of likely N-dealkylation sites (tertiary alicyclic amines) is 1. The monoisotopic (exact) mass is 497 g/mol. The summed E-state index contributed by atoms with van der Waals surface area (Å²) < 4.78 is -0.673. The Morgan fingerprint density at radius 1 is 1.23 bits per heavy atom. The molecule has 3 amide bonds. The van der Waals surface area contributed by atoms with Crippen LogP contribution in [0.15, 0.2) is 55.6 Å². The van der Waals surface area contributed by atoms with Gasteiger partial charge in [0, 0.05) is 31.9 Å². The van der Waals surface area contributed by atoms with Crippen molar-refractivity contribution < 1.29 is 19.5 Å². The molecule has 2 bridgehead atoms. The van der Waals surface area contributed by atoms with Gasteiger partial charge in [0.1, 0.15) is 6.04 Å². The Labute approximate surface area is 211 Å². The highest BCUT2D eigenvalue weighted by molar-refractivity contribution is 8.02. The molecule has 0 aliphatic carbocycles. The summed E-state index contributed by atoms with van der Waals surface area (Å²) in [5, 5.41) is 10.0. The minimum absolute atomic E-state index is 0.00701. The number of benzene rings is 1. The van der Waals surface area contributed by atoms with Crippen LogP contribution in [0.25, 0.3) is 0 Å². The van der Waals surface area contributed by atoms with Gasteiger partial charge in [-0.2, -0.15) is 0 Å². The Kier molecular flexibility index (Phi) is 7.43. The molecule has 0 saturated carbocycles. The van der Waals surface area contributed by atoms with Crippen molar-refractivity contribution in [3.05, 3.63) is 61.2 Å². The topological polar surface area (TPSA) is 81.2 Å². The fourth-order valence-corrected chi connectivity index (χ4v) is 8.31. The normalized spacial score (nSPS) is 29.6. The lowest BCUT2D eigenvalue weighted by molar-refractivity contribution is -0.146. The van der Waals surface area contributed by atoms with Crippen molar-refractivity contribution in [3.8, 4) is 0 Å². The fraction of sp³-hybridized carbons (Fsp3) is 0.519. The van der Waals surface area contributed by atoms with E-state index in [4.69, 9.17) is 0 Å². The second-order valence-electron chi connectivity index (χ2n) is 9.83. The standard InChI is InChI=1S/C27H35N3O4S/c1-5-14-28(4)24(32)21-20-12-13-27(35-20)22(21)25(33)30(18(3)17-31)23(27)26(34)29(15-6-2)16-19-10-8-7-9-11-19/h5-11,18,20-23,31H,1-2,12-17H2,3-4H3/t18-,20-,21+,22+,23?,27?/m1/s1. The van der Waals surface area contributed by atoms with E-state index in [1.165, 1.54) is 0 Å². The summed E-state index contributed by atoms with van der Waals surface area (Å²) in [6.45, 7) is 10.2. The van der Waals surface area contributed by atoms with Crippen LogP contribution in [0.2, 0.25) is 0 Å². The van der Waals surface area contributed by atoms with Gasteiger partial charge in [0.25, 0.3) is 0 Å². The second-order valence-corrected chi connectivity index (χ2v) is 11.4. The number of nitrogens with zero attached hydrogens (tertiary/aromatic N) is 3. The van der Waals surface area contributed by atoms with Crippen molar-refractivity contribution >= 4 is 29.5 Å². The number of fused-ring (bicyclic) bond motifs is 1. The molecular weight excluding hydrogens is 462 g/mol. The highest BCUT2D eigenvalue weighted by Gasteiger charge is 2.74. The molecule has 1 aromatic carbocycles. The Hall–Kier alpha value is -2.58. The van der Waals surface area contributed by atoms with E-state index in [2.05, 4.69) is 13.2 Å². The molecule has 1 spiro atoms. The molecule has 3 aliphatic heterocycles. The van der Waals surface area contributed by atoms with E-state index in [1.54, 1.807) is 52.6 Å². The maximum atomic E-state index is 14.2. The first kappa shape index (κ1) is 25.5. The van der Waals surface area contributed by atoms with Crippen molar-refractivity contribution in [1.29, 1.82) is 0 Å². The van der Waals surface area contributed by atoms with Crippen LogP contribution >= 0.6 is 11.8 Å². The van der Waals surface area contributed by atoms with Crippen LogP contribution in [-0.2, 0) is 20.9 Å². The quantitative estimate of drug-likeness (QED) is 0.502. The average molecular weight is 498 g/mol. The maximum Gasteiger partial charge on any atom is 0.247 e. The van der Waals surface area contributed by atoms with Gasteiger partial charge in [0.05, 0.1) is 29.2 Å². The van der Waals surface area contributed by atoms with Gasteiger partial charge in [0.15, 0.2) is 0 Å². The molecule has 8 heteroatoms. The first-order valence-corrected chi connectivity index (χ1v) is 13.1. The van der Waals surface area contributed by atoms with Crippen molar-refractivity contribution in [3.63, 3.8) is 0 Å². The molecule has 3 fully saturated rings. The lowest BCUT2D eigenvalue weighted by Gasteiger charge is -2.39. The zero-order chi connectivity index (χ0) is 25.3. The number of aliphatic hydroxyl groups is 1. The molecule has 3 heterocycles. The van der Waals surface area contributed by atoms with Crippen molar-refractivity contribution in [2.24, 2.45) is 11.8 Å². The van der Waals surface area contributed by atoms with E-state index in [0.29, 0.717) is 26.1 Å². The lowest BCUT2D eigenvalue weighted by Crippen LogP contribution is -2.56.